The van der Waals surface area contributed by atoms with E-state index < -0.39 is 0 Å². The second-order valence-electron chi connectivity index (χ2n) is 10.8. The molecule has 1 aromatic heterocycles. The molecule has 0 saturated heterocycles. The third kappa shape index (κ3) is 3.98. The Labute approximate surface area is 253 Å². The van der Waals surface area contributed by atoms with Gasteiger partial charge in [0.05, 0.1) is 34.6 Å². The zero-order chi connectivity index (χ0) is 29.6. The molecule has 0 aliphatic heterocycles. The standard InChI is InChI=1S/C40H23N3O/c41-24-28-15-20-37(33-9-3-1-7-31(28)33)43(38-21-16-29(25-42)32-8-2-4-10-34(32)38)30-18-13-26(14-19-30)27-17-22-40-36(23-27)35-11-5-6-12-39(35)44-40/h1-23H. The molecule has 0 atom stereocenters. The molecule has 0 unspecified atom stereocenters. The molecule has 0 aliphatic carbocycles. The van der Waals surface area contributed by atoms with Gasteiger partial charge in [0.2, 0.25) is 0 Å². The molecule has 0 bridgehead atoms. The van der Waals surface area contributed by atoms with Gasteiger partial charge < -0.3 is 9.32 Å². The van der Waals surface area contributed by atoms with E-state index in [4.69, 9.17) is 4.42 Å². The highest BCUT2D eigenvalue weighted by Gasteiger charge is 2.20. The first kappa shape index (κ1) is 25.4. The summed E-state index contributed by atoms with van der Waals surface area (Å²) in [5.41, 5.74) is 8.09. The largest absolute Gasteiger partial charge is 0.456 e. The van der Waals surface area contributed by atoms with Crippen LogP contribution in [0.2, 0.25) is 0 Å². The van der Waals surface area contributed by atoms with Crippen LogP contribution in [0.5, 0.6) is 0 Å². The van der Waals surface area contributed by atoms with Crippen molar-refractivity contribution in [2.45, 2.75) is 0 Å². The monoisotopic (exact) mass is 561 g/mol. The average molecular weight is 562 g/mol. The van der Waals surface area contributed by atoms with Crippen molar-refractivity contribution in [3.63, 3.8) is 0 Å². The average Bonchev–Trinajstić information content (AvgIpc) is 3.47. The summed E-state index contributed by atoms with van der Waals surface area (Å²) in [6.07, 6.45) is 0. The van der Waals surface area contributed by atoms with Gasteiger partial charge >= 0.3 is 0 Å². The molecule has 1 heterocycles. The fourth-order valence-corrected chi connectivity index (χ4v) is 6.27. The number of fused-ring (bicyclic) bond motifs is 5. The van der Waals surface area contributed by atoms with Crippen molar-refractivity contribution in [3.05, 3.63) is 151 Å². The maximum Gasteiger partial charge on any atom is 0.135 e. The molecule has 4 heteroatoms. The predicted octanol–water partition coefficient (Wildman–Crippen LogP) is 10.8. The summed E-state index contributed by atoms with van der Waals surface area (Å²) < 4.78 is 6.05. The molecule has 0 saturated carbocycles. The van der Waals surface area contributed by atoms with Gasteiger partial charge in [-0.05, 0) is 65.7 Å². The third-order valence-electron chi connectivity index (χ3n) is 8.36. The van der Waals surface area contributed by atoms with Crippen molar-refractivity contribution in [1.29, 1.82) is 10.5 Å². The van der Waals surface area contributed by atoms with Gasteiger partial charge in [-0.3, -0.25) is 0 Å². The molecule has 0 radical (unpaired) electrons. The molecule has 204 valence electrons. The lowest BCUT2D eigenvalue weighted by Gasteiger charge is -2.28. The van der Waals surface area contributed by atoms with E-state index in [-0.39, 0.29) is 0 Å². The van der Waals surface area contributed by atoms with Crippen LogP contribution in [0.25, 0.3) is 54.6 Å². The molecular formula is C40H23N3O. The first-order chi connectivity index (χ1) is 21.7. The van der Waals surface area contributed by atoms with Crippen molar-refractivity contribution in [2.75, 3.05) is 4.90 Å². The van der Waals surface area contributed by atoms with Crippen LogP contribution in [0, 0.1) is 22.7 Å². The number of para-hydroxylation sites is 1. The molecule has 7 aromatic carbocycles. The topological polar surface area (TPSA) is 64.0 Å². The van der Waals surface area contributed by atoms with Crippen molar-refractivity contribution in [1.82, 2.24) is 0 Å². The van der Waals surface area contributed by atoms with Gasteiger partial charge in [-0.2, -0.15) is 10.5 Å². The molecule has 0 N–H and O–H groups in total. The summed E-state index contributed by atoms with van der Waals surface area (Å²) in [6, 6.07) is 51.5. The highest BCUT2D eigenvalue weighted by atomic mass is 16.3. The maximum atomic E-state index is 9.85. The van der Waals surface area contributed by atoms with E-state index in [9.17, 15) is 10.5 Å². The second kappa shape index (κ2) is 10.2. The van der Waals surface area contributed by atoms with E-state index in [2.05, 4.69) is 71.6 Å². The molecule has 4 nitrogen and oxygen atoms in total. The van der Waals surface area contributed by atoms with Gasteiger partial charge in [-0.15, -0.1) is 0 Å². The first-order valence-corrected chi connectivity index (χ1v) is 14.4. The number of rotatable bonds is 4. The fraction of sp³-hybridized carbons (Fsp3) is 0. The summed E-state index contributed by atoms with van der Waals surface area (Å²) in [5, 5.41) is 25.6. The Morgan fingerprint density at radius 1 is 0.432 bits per heavy atom. The van der Waals surface area contributed by atoms with E-state index in [1.165, 1.54) is 0 Å². The lowest BCUT2D eigenvalue weighted by Crippen LogP contribution is -2.11. The molecule has 0 amide bonds. The smallest absolute Gasteiger partial charge is 0.135 e. The van der Waals surface area contributed by atoms with Crippen LogP contribution < -0.4 is 4.90 Å². The van der Waals surface area contributed by atoms with E-state index in [1.54, 1.807) is 0 Å². The minimum absolute atomic E-state index is 0.631. The van der Waals surface area contributed by atoms with Crippen molar-refractivity contribution < 1.29 is 4.42 Å². The van der Waals surface area contributed by atoms with E-state index in [0.29, 0.717) is 11.1 Å². The molecule has 44 heavy (non-hydrogen) atoms. The number of hydrogen-bond donors (Lipinski definition) is 0. The second-order valence-corrected chi connectivity index (χ2v) is 10.8. The molecule has 0 aliphatic rings. The van der Waals surface area contributed by atoms with E-state index >= 15 is 0 Å². The Kier molecular flexibility index (Phi) is 5.86. The van der Waals surface area contributed by atoms with Gasteiger partial charge in [-0.1, -0.05) is 84.9 Å². The Bertz CT molecular complexity index is 2380. The Hall–Kier alpha value is -6.36. The quantitative estimate of drug-likeness (QED) is 0.214. The summed E-state index contributed by atoms with van der Waals surface area (Å²) in [7, 11) is 0. The van der Waals surface area contributed by atoms with Crippen molar-refractivity contribution >= 4 is 60.5 Å². The molecule has 8 rings (SSSR count). The number of hydrogen-bond acceptors (Lipinski definition) is 4. The van der Waals surface area contributed by atoms with E-state index in [1.807, 2.05) is 84.9 Å². The summed E-state index contributed by atoms with van der Waals surface area (Å²) in [4.78, 5) is 2.23. The SMILES string of the molecule is N#Cc1ccc(N(c2ccc(-c3ccc4oc5ccccc5c4c3)cc2)c2ccc(C#N)c3ccccc23)c2ccccc12. The van der Waals surface area contributed by atoms with Crippen LogP contribution in [0.1, 0.15) is 11.1 Å². The lowest BCUT2D eigenvalue weighted by atomic mass is 9.98. The van der Waals surface area contributed by atoms with Crippen LogP contribution in [0.15, 0.2) is 144 Å². The van der Waals surface area contributed by atoms with Gasteiger partial charge in [0.25, 0.3) is 0 Å². The molecule has 0 fully saturated rings. The third-order valence-corrected chi connectivity index (χ3v) is 8.36. The normalized spacial score (nSPS) is 11.1. The van der Waals surface area contributed by atoms with Crippen LogP contribution in [0.3, 0.4) is 0 Å². The zero-order valence-electron chi connectivity index (χ0n) is 23.5. The number of nitriles is 2. The minimum Gasteiger partial charge on any atom is -0.456 e. The lowest BCUT2D eigenvalue weighted by molar-refractivity contribution is 0.669. The molecular weight excluding hydrogens is 538 g/mol. The summed E-state index contributed by atoms with van der Waals surface area (Å²) in [5.74, 6) is 0. The van der Waals surface area contributed by atoms with Crippen LogP contribution in [-0.4, -0.2) is 0 Å². The number of nitrogens with zero attached hydrogens (tertiary/aromatic N) is 3. The Morgan fingerprint density at radius 3 is 1.52 bits per heavy atom. The van der Waals surface area contributed by atoms with Crippen LogP contribution in [0.4, 0.5) is 17.1 Å². The summed E-state index contributed by atoms with van der Waals surface area (Å²) in [6.45, 7) is 0. The Balaban J connectivity index is 1.32. The minimum atomic E-state index is 0.631. The summed E-state index contributed by atoms with van der Waals surface area (Å²) >= 11 is 0. The van der Waals surface area contributed by atoms with Crippen molar-refractivity contribution in [3.8, 4) is 23.3 Å². The van der Waals surface area contributed by atoms with Crippen LogP contribution >= 0.6 is 0 Å². The maximum absolute atomic E-state index is 9.85. The zero-order valence-corrected chi connectivity index (χ0v) is 23.5. The number of furan rings is 1. The van der Waals surface area contributed by atoms with Gasteiger partial charge in [-0.25, -0.2) is 0 Å². The number of benzene rings is 7. The Morgan fingerprint density at radius 2 is 0.932 bits per heavy atom. The molecule has 0 spiro atoms. The van der Waals surface area contributed by atoms with Gasteiger partial charge in [0, 0.05) is 38.0 Å². The molecule has 8 aromatic rings. The highest BCUT2D eigenvalue weighted by Crippen LogP contribution is 2.43. The highest BCUT2D eigenvalue weighted by molar-refractivity contribution is 6.08. The van der Waals surface area contributed by atoms with Gasteiger partial charge in [0.15, 0.2) is 0 Å². The van der Waals surface area contributed by atoms with Crippen LogP contribution in [-0.2, 0) is 0 Å². The number of anilines is 3. The van der Waals surface area contributed by atoms with Gasteiger partial charge in [0.1, 0.15) is 11.2 Å². The predicted molar refractivity (Wildman–Crippen MR) is 178 cm³/mol. The van der Waals surface area contributed by atoms with Crippen molar-refractivity contribution in [2.24, 2.45) is 0 Å². The first-order valence-electron chi connectivity index (χ1n) is 14.4. The fourth-order valence-electron chi connectivity index (χ4n) is 6.27. The van der Waals surface area contributed by atoms with E-state index in [0.717, 1.165) is 71.7 Å².